The van der Waals surface area contributed by atoms with Crippen molar-refractivity contribution in [2.24, 2.45) is 0 Å². The van der Waals surface area contributed by atoms with Gasteiger partial charge in [-0.15, -0.1) is 0 Å². The van der Waals surface area contributed by atoms with Gasteiger partial charge in [0.1, 0.15) is 11.5 Å². The van der Waals surface area contributed by atoms with E-state index < -0.39 is 11.9 Å². The van der Waals surface area contributed by atoms with Crippen LogP contribution in [0, 0.1) is 6.92 Å². The molecule has 2 aromatic carbocycles. The van der Waals surface area contributed by atoms with Gasteiger partial charge in [0.25, 0.3) is 0 Å². The summed E-state index contributed by atoms with van der Waals surface area (Å²) in [6.07, 6.45) is 6.55. The maximum absolute atomic E-state index is 12.5. The summed E-state index contributed by atoms with van der Waals surface area (Å²) in [6, 6.07) is 12.1. The summed E-state index contributed by atoms with van der Waals surface area (Å²) in [5, 5.41) is 0. The molecule has 0 aliphatic heterocycles. The van der Waals surface area contributed by atoms with E-state index in [1.165, 1.54) is 13.2 Å². The first-order chi connectivity index (χ1) is 16.8. The highest BCUT2D eigenvalue weighted by atomic mass is 16.5. The largest absolute Gasteiger partial charge is 0.494 e. The van der Waals surface area contributed by atoms with Gasteiger partial charge in [0.2, 0.25) is 0 Å². The number of ether oxygens (including phenoxy) is 4. The van der Waals surface area contributed by atoms with Crippen molar-refractivity contribution in [3.63, 3.8) is 0 Å². The molecule has 0 aromatic heterocycles. The Morgan fingerprint density at radius 1 is 0.943 bits per heavy atom. The van der Waals surface area contributed by atoms with Crippen molar-refractivity contribution in [2.45, 2.75) is 39.5 Å². The zero-order valence-corrected chi connectivity index (χ0v) is 20.5. The molecule has 35 heavy (non-hydrogen) atoms. The summed E-state index contributed by atoms with van der Waals surface area (Å²) >= 11 is 0. The topological polar surface area (TPSA) is 88.1 Å². The smallest absolute Gasteiger partial charge is 0.343 e. The number of rotatable bonds is 13. The van der Waals surface area contributed by atoms with E-state index in [-0.39, 0.29) is 5.97 Å². The van der Waals surface area contributed by atoms with Gasteiger partial charge in [-0.2, -0.15) is 0 Å². The Balaban J connectivity index is 1.73. The Hall–Kier alpha value is -3.87. The molecule has 0 heterocycles. The van der Waals surface area contributed by atoms with Gasteiger partial charge >= 0.3 is 17.9 Å². The fraction of sp³-hybridized carbons (Fsp3) is 0.321. The molecule has 7 heteroatoms. The Morgan fingerprint density at radius 3 is 2.26 bits per heavy atom. The summed E-state index contributed by atoms with van der Waals surface area (Å²) < 4.78 is 20.9. The summed E-state index contributed by atoms with van der Waals surface area (Å²) in [5.74, 6) is -0.136. The fourth-order valence-electron chi connectivity index (χ4n) is 3.00. The number of hydrogen-bond donors (Lipinski definition) is 0. The molecule has 0 saturated carbocycles. The van der Waals surface area contributed by atoms with Crippen molar-refractivity contribution in [2.75, 3.05) is 20.3 Å². The predicted octanol–water partition coefficient (Wildman–Crippen LogP) is 5.46. The number of unbranched alkanes of at least 4 members (excludes halogenated alkanes) is 3. The molecule has 0 fully saturated rings. The zero-order valence-electron chi connectivity index (χ0n) is 20.5. The van der Waals surface area contributed by atoms with Crippen LogP contribution in [-0.2, 0) is 19.1 Å². The number of esters is 3. The Bertz CT molecular complexity index is 1050. The molecule has 0 saturated heterocycles. The van der Waals surface area contributed by atoms with Crippen LogP contribution in [0.3, 0.4) is 0 Å². The summed E-state index contributed by atoms with van der Waals surface area (Å²) in [7, 11) is 1.32. The lowest BCUT2D eigenvalue weighted by atomic mass is 10.1. The van der Waals surface area contributed by atoms with E-state index in [0.717, 1.165) is 36.8 Å². The lowest BCUT2D eigenvalue weighted by molar-refractivity contribution is -0.139. The minimum atomic E-state index is -0.468. The molecular formula is C28H32O7. The fourth-order valence-corrected chi connectivity index (χ4v) is 3.00. The predicted molar refractivity (Wildman–Crippen MR) is 133 cm³/mol. The average molecular weight is 481 g/mol. The Kier molecular flexibility index (Phi) is 11.3. The molecule has 0 atom stereocenters. The zero-order chi connectivity index (χ0) is 25.6. The van der Waals surface area contributed by atoms with Crippen LogP contribution in [0.25, 0.3) is 6.08 Å². The van der Waals surface area contributed by atoms with Gasteiger partial charge in [0.15, 0.2) is 0 Å². The normalized spacial score (nSPS) is 10.6. The quantitative estimate of drug-likeness (QED) is 0.163. The van der Waals surface area contributed by atoms with Crippen LogP contribution >= 0.6 is 0 Å². The lowest BCUT2D eigenvalue weighted by Crippen LogP contribution is -2.09. The SMILES string of the molecule is C=C(C)C(=O)OCCCCCCOc1ccc(C(=O)Oc2ccc(C=CC(=O)OC)cc2C)cc1. The molecular weight excluding hydrogens is 448 g/mol. The van der Waals surface area contributed by atoms with Crippen molar-refractivity contribution in [1.29, 1.82) is 0 Å². The van der Waals surface area contributed by atoms with Crippen LogP contribution in [0.4, 0.5) is 0 Å². The van der Waals surface area contributed by atoms with Gasteiger partial charge in [-0.25, -0.2) is 14.4 Å². The van der Waals surface area contributed by atoms with Crippen molar-refractivity contribution >= 4 is 24.0 Å². The average Bonchev–Trinajstić information content (AvgIpc) is 2.85. The molecule has 0 radical (unpaired) electrons. The van der Waals surface area contributed by atoms with Gasteiger partial charge in [-0.05, 0) is 93.1 Å². The van der Waals surface area contributed by atoms with Gasteiger partial charge in [0.05, 0.1) is 25.9 Å². The van der Waals surface area contributed by atoms with Crippen LogP contribution in [0.1, 0.15) is 54.1 Å². The number of hydrogen-bond acceptors (Lipinski definition) is 7. The van der Waals surface area contributed by atoms with Crippen LogP contribution in [-0.4, -0.2) is 38.2 Å². The lowest BCUT2D eigenvalue weighted by Gasteiger charge is -2.09. The summed E-state index contributed by atoms with van der Waals surface area (Å²) in [5.41, 5.74) is 2.38. The van der Waals surface area contributed by atoms with Gasteiger partial charge in [-0.3, -0.25) is 0 Å². The maximum atomic E-state index is 12.5. The molecule has 0 spiro atoms. The first-order valence-electron chi connectivity index (χ1n) is 11.4. The van der Waals surface area contributed by atoms with Crippen LogP contribution in [0.5, 0.6) is 11.5 Å². The van der Waals surface area contributed by atoms with Crippen molar-refractivity contribution < 1.29 is 33.3 Å². The minimum Gasteiger partial charge on any atom is -0.494 e. The molecule has 7 nitrogen and oxygen atoms in total. The van der Waals surface area contributed by atoms with E-state index >= 15 is 0 Å². The highest BCUT2D eigenvalue weighted by molar-refractivity contribution is 5.91. The molecule has 2 rings (SSSR count). The second-order valence-corrected chi connectivity index (χ2v) is 7.97. The second kappa shape index (κ2) is 14.4. The van der Waals surface area contributed by atoms with E-state index in [1.807, 2.05) is 13.0 Å². The van der Waals surface area contributed by atoms with E-state index in [2.05, 4.69) is 11.3 Å². The molecule has 0 N–H and O–H groups in total. The molecule has 0 aliphatic rings. The minimum absolute atomic E-state index is 0.349. The molecule has 0 bridgehead atoms. The molecule has 2 aromatic rings. The number of benzene rings is 2. The molecule has 186 valence electrons. The Labute approximate surface area is 206 Å². The van der Waals surface area contributed by atoms with Crippen molar-refractivity contribution in [3.05, 3.63) is 77.4 Å². The van der Waals surface area contributed by atoms with E-state index in [4.69, 9.17) is 14.2 Å². The third-order valence-corrected chi connectivity index (χ3v) is 4.99. The summed E-state index contributed by atoms with van der Waals surface area (Å²) in [6.45, 7) is 7.96. The highest BCUT2D eigenvalue weighted by Gasteiger charge is 2.11. The van der Waals surface area contributed by atoms with Crippen molar-refractivity contribution in [1.82, 2.24) is 0 Å². The molecule has 0 amide bonds. The Morgan fingerprint density at radius 2 is 1.63 bits per heavy atom. The molecule has 0 unspecified atom stereocenters. The third kappa shape index (κ3) is 9.88. The number of aryl methyl sites for hydroxylation is 1. The second-order valence-electron chi connectivity index (χ2n) is 7.97. The van der Waals surface area contributed by atoms with Crippen LogP contribution in [0.2, 0.25) is 0 Å². The van der Waals surface area contributed by atoms with E-state index in [1.54, 1.807) is 49.4 Å². The van der Waals surface area contributed by atoms with Gasteiger partial charge in [-0.1, -0.05) is 12.6 Å². The number of carbonyl (C=O) groups excluding carboxylic acids is 3. The van der Waals surface area contributed by atoms with Gasteiger partial charge < -0.3 is 18.9 Å². The van der Waals surface area contributed by atoms with Gasteiger partial charge in [0, 0.05) is 11.6 Å². The van der Waals surface area contributed by atoms with E-state index in [0.29, 0.717) is 35.8 Å². The van der Waals surface area contributed by atoms with Crippen molar-refractivity contribution in [3.8, 4) is 11.5 Å². The molecule has 0 aliphatic carbocycles. The van der Waals surface area contributed by atoms with Crippen LogP contribution in [0.15, 0.2) is 60.7 Å². The number of methoxy groups -OCH3 is 1. The van der Waals surface area contributed by atoms with Crippen LogP contribution < -0.4 is 9.47 Å². The number of carbonyl (C=O) groups is 3. The summed E-state index contributed by atoms with van der Waals surface area (Å²) in [4.78, 5) is 35.0. The third-order valence-electron chi connectivity index (χ3n) is 4.99. The first-order valence-corrected chi connectivity index (χ1v) is 11.4. The monoisotopic (exact) mass is 480 g/mol. The first kappa shape index (κ1) is 27.4. The highest BCUT2D eigenvalue weighted by Crippen LogP contribution is 2.22. The maximum Gasteiger partial charge on any atom is 0.343 e. The van der Waals surface area contributed by atoms with E-state index in [9.17, 15) is 14.4 Å². The standard InChI is InChI=1S/C28H32O7/c1-20(2)27(30)34-18-8-6-5-7-17-33-24-13-11-23(12-14-24)28(31)35-25-15-9-22(19-21(25)3)10-16-26(29)32-4/h9-16,19H,1,5-8,17-18H2,2-4H3.